The number of anilines is 2. The van der Waals surface area contributed by atoms with E-state index in [9.17, 15) is 26.4 Å². The molecule has 208 valence electrons. The van der Waals surface area contributed by atoms with Crippen LogP contribution >= 0.6 is 11.6 Å². The molecule has 9 nitrogen and oxygen atoms in total. The van der Waals surface area contributed by atoms with E-state index in [-0.39, 0.29) is 37.1 Å². The number of rotatable bonds is 6. The number of carbonyl (C=O) groups is 1. The van der Waals surface area contributed by atoms with Gasteiger partial charge in [-0.3, -0.25) is 4.79 Å². The molecule has 0 atom stereocenters. The summed E-state index contributed by atoms with van der Waals surface area (Å²) < 4.78 is 69.6. The van der Waals surface area contributed by atoms with Crippen molar-refractivity contribution in [1.29, 1.82) is 0 Å². The van der Waals surface area contributed by atoms with Crippen LogP contribution in [0.4, 0.5) is 24.7 Å². The lowest BCUT2D eigenvalue weighted by molar-refractivity contribution is -0.275. The van der Waals surface area contributed by atoms with E-state index in [1.165, 1.54) is 17.0 Å². The second-order valence-electron chi connectivity index (χ2n) is 8.92. The third-order valence-corrected chi connectivity index (χ3v) is 8.32. The quantitative estimate of drug-likeness (QED) is 0.465. The van der Waals surface area contributed by atoms with Gasteiger partial charge in [0.1, 0.15) is 10.6 Å². The molecule has 0 radical (unpaired) electrons. The van der Waals surface area contributed by atoms with Crippen molar-refractivity contribution in [1.82, 2.24) is 14.2 Å². The van der Waals surface area contributed by atoms with Gasteiger partial charge in [0.2, 0.25) is 10.0 Å². The number of benzene rings is 2. The molecule has 0 bridgehead atoms. The number of halogens is 4. The van der Waals surface area contributed by atoms with Gasteiger partial charge in [-0.05, 0) is 35.9 Å². The summed E-state index contributed by atoms with van der Waals surface area (Å²) in [4.78, 5) is 19.4. The number of carbonyl (C=O) groups excluding carboxylic acids is 1. The SMILES string of the molecule is CN(C)C(=O)c1ccc(-c2cnc(N3CCN(S(=O)(=O)c4ccccc4OC(F)(F)F)CC3)c(N)c2)cc1Cl. The molecule has 2 N–H and O–H groups in total. The van der Waals surface area contributed by atoms with E-state index in [0.29, 0.717) is 28.2 Å². The number of pyridine rings is 1. The Hall–Kier alpha value is -3.55. The Morgan fingerprint density at radius 1 is 1.05 bits per heavy atom. The lowest BCUT2D eigenvalue weighted by atomic mass is 10.0. The van der Waals surface area contributed by atoms with Gasteiger partial charge in [0.15, 0.2) is 5.82 Å². The summed E-state index contributed by atoms with van der Waals surface area (Å²) in [5.74, 6) is -0.563. The maximum Gasteiger partial charge on any atom is 0.573 e. The van der Waals surface area contributed by atoms with Crippen molar-refractivity contribution >= 4 is 39.0 Å². The highest BCUT2D eigenvalue weighted by atomic mass is 35.5. The first-order valence-corrected chi connectivity index (χ1v) is 13.5. The van der Waals surface area contributed by atoms with Crippen molar-refractivity contribution in [2.24, 2.45) is 0 Å². The zero-order chi connectivity index (χ0) is 28.5. The molecule has 1 fully saturated rings. The summed E-state index contributed by atoms with van der Waals surface area (Å²) in [6, 6.07) is 11.4. The van der Waals surface area contributed by atoms with Crippen molar-refractivity contribution in [3.63, 3.8) is 0 Å². The van der Waals surface area contributed by atoms with Crippen LogP contribution in [0.2, 0.25) is 5.02 Å². The monoisotopic (exact) mass is 583 g/mol. The zero-order valence-corrected chi connectivity index (χ0v) is 22.5. The number of nitrogen functional groups attached to an aromatic ring is 1. The summed E-state index contributed by atoms with van der Waals surface area (Å²) in [5, 5.41) is 0.286. The summed E-state index contributed by atoms with van der Waals surface area (Å²) in [7, 11) is -0.990. The van der Waals surface area contributed by atoms with Crippen molar-refractivity contribution in [3.8, 4) is 16.9 Å². The van der Waals surface area contributed by atoms with Crippen molar-refractivity contribution in [2.45, 2.75) is 11.3 Å². The molecule has 4 rings (SSSR count). The number of hydrogen-bond acceptors (Lipinski definition) is 7. The maximum atomic E-state index is 13.1. The predicted octanol–water partition coefficient (Wildman–Crippen LogP) is 4.10. The number of alkyl halides is 3. The molecule has 1 amide bonds. The van der Waals surface area contributed by atoms with Crippen LogP contribution in [0, 0.1) is 0 Å². The number of piperazine rings is 1. The molecule has 3 aromatic rings. The number of hydrogen-bond donors (Lipinski definition) is 1. The number of para-hydroxylation sites is 1. The van der Waals surface area contributed by atoms with Crippen LogP contribution in [0.25, 0.3) is 11.1 Å². The third kappa shape index (κ3) is 6.21. The van der Waals surface area contributed by atoms with Gasteiger partial charge in [-0.2, -0.15) is 4.31 Å². The largest absolute Gasteiger partial charge is 0.573 e. The Kier molecular flexibility index (Phi) is 7.96. The minimum absolute atomic E-state index is 0.00251. The van der Waals surface area contributed by atoms with Crippen LogP contribution in [0.5, 0.6) is 5.75 Å². The molecular formula is C25H25ClF3N5O4S. The van der Waals surface area contributed by atoms with Gasteiger partial charge in [-0.15, -0.1) is 13.2 Å². The van der Waals surface area contributed by atoms with Gasteiger partial charge in [-0.25, -0.2) is 13.4 Å². The molecule has 1 aliphatic rings. The zero-order valence-electron chi connectivity index (χ0n) is 20.9. The second kappa shape index (κ2) is 10.9. The van der Waals surface area contributed by atoms with E-state index in [1.807, 2.05) is 0 Å². The van der Waals surface area contributed by atoms with E-state index in [2.05, 4.69) is 9.72 Å². The molecule has 0 spiro atoms. The van der Waals surface area contributed by atoms with Crippen LogP contribution in [-0.2, 0) is 10.0 Å². The summed E-state index contributed by atoms with van der Waals surface area (Å²) in [6.07, 6.45) is -3.44. The fraction of sp³-hybridized carbons (Fsp3) is 0.280. The van der Waals surface area contributed by atoms with Crippen molar-refractivity contribution < 1.29 is 31.1 Å². The van der Waals surface area contributed by atoms with Crippen LogP contribution in [0.15, 0.2) is 59.6 Å². The molecule has 39 heavy (non-hydrogen) atoms. The predicted molar refractivity (Wildman–Crippen MR) is 141 cm³/mol. The van der Waals surface area contributed by atoms with E-state index >= 15 is 0 Å². The standard InChI is InChI=1S/C25H25ClF3N5O4S/c1-32(2)24(35)18-8-7-16(13-19(18)26)17-14-20(30)23(31-15-17)33-9-11-34(12-10-33)39(36,37)22-6-4-3-5-21(22)38-25(27,28)29/h3-8,13-15H,9-12,30H2,1-2H3. The second-order valence-corrected chi connectivity index (χ2v) is 11.2. The highest BCUT2D eigenvalue weighted by molar-refractivity contribution is 7.89. The number of nitrogens with zero attached hydrogens (tertiary/aromatic N) is 4. The van der Waals surface area contributed by atoms with Crippen LogP contribution in [0.3, 0.4) is 0 Å². The van der Waals surface area contributed by atoms with E-state index < -0.39 is 27.0 Å². The lowest BCUT2D eigenvalue weighted by Crippen LogP contribution is -2.49. The molecule has 0 saturated carbocycles. The van der Waals surface area contributed by atoms with Crippen LogP contribution in [0.1, 0.15) is 10.4 Å². The van der Waals surface area contributed by atoms with Gasteiger partial charge >= 0.3 is 6.36 Å². The molecule has 1 aliphatic heterocycles. The minimum Gasteiger partial charge on any atom is -0.404 e. The first-order chi connectivity index (χ1) is 18.3. The van der Waals surface area contributed by atoms with E-state index in [0.717, 1.165) is 16.4 Å². The molecule has 2 heterocycles. The minimum atomic E-state index is -5.03. The molecular weight excluding hydrogens is 559 g/mol. The van der Waals surface area contributed by atoms with E-state index in [4.69, 9.17) is 17.3 Å². The van der Waals surface area contributed by atoms with Gasteiger partial charge in [-0.1, -0.05) is 29.8 Å². The normalized spacial score (nSPS) is 14.8. The Morgan fingerprint density at radius 2 is 1.72 bits per heavy atom. The highest BCUT2D eigenvalue weighted by Gasteiger charge is 2.36. The number of amides is 1. The Morgan fingerprint density at radius 3 is 2.31 bits per heavy atom. The lowest BCUT2D eigenvalue weighted by Gasteiger charge is -2.35. The Bertz CT molecular complexity index is 1490. The van der Waals surface area contributed by atoms with Gasteiger partial charge < -0.3 is 20.3 Å². The van der Waals surface area contributed by atoms with Gasteiger partial charge in [0.05, 0.1) is 16.3 Å². The number of nitrogens with two attached hydrogens (primary N) is 1. The summed E-state index contributed by atoms with van der Waals surface area (Å²) in [5.41, 5.74) is 8.37. The van der Waals surface area contributed by atoms with E-state index in [1.54, 1.807) is 49.5 Å². The molecule has 0 aliphatic carbocycles. The van der Waals surface area contributed by atoms with Crippen molar-refractivity contribution in [2.75, 3.05) is 50.9 Å². The molecule has 2 aromatic carbocycles. The first-order valence-electron chi connectivity index (χ1n) is 11.6. The fourth-order valence-corrected chi connectivity index (χ4v) is 5.96. The average Bonchev–Trinajstić information content (AvgIpc) is 2.87. The van der Waals surface area contributed by atoms with Crippen LogP contribution < -0.4 is 15.4 Å². The first kappa shape index (κ1) is 28.5. The van der Waals surface area contributed by atoms with Gasteiger partial charge in [0, 0.05) is 52.0 Å². The Labute approximate surface area is 228 Å². The Balaban J connectivity index is 1.49. The summed E-state index contributed by atoms with van der Waals surface area (Å²) >= 11 is 6.32. The summed E-state index contributed by atoms with van der Waals surface area (Å²) in [6.45, 7) is 0.432. The highest BCUT2D eigenvalue weighted by Crippen LogP contribution is 2.33. The smallest absolute Gasteiger partial charge is 0.404 e. The van der Waals surface area contributed by atoms with Gasteiger partial charge in [0.25, 0.3) is 5.91 Å². The average molecular weight is 584 g/mol. The van der Waals surface area contributed by atoms with Crippen LogP contribution in [-0.4, -0.2) is 75.2 Å². The molecule has 14 heteroatoms. The molecule has 0 unspecified atom stereocenters. The third-order valence-electron chi connectivity index (χ3n) is 6.06. The fourth-order valence-electron chi connectivity index (χ4n) is 4.16. The topological polar surface area (TPSA) is 109 Å². The number of aromatic nitrogens is 1. The number of sulfonamides is 1. The van der Waals surface area contributed by atoms with Crippen molar-refractivity contribution in [3.05, 3.63) is 65.3 Å². The molecule has 1 aromatic heterocycles. The number of ether oxygens (including phenoxy) is 1. The molecule has 1 saturated heterocycles. The maximum absolute atomic E-state index is 13.1.